The Morgan fingerprint density at radius 3 is 2.31 bits per heavy atom. The molecule has 1 unspecified atom stereocenters. The van der Waals surface area contributed by atoms with E-state index in [1.165, 1.54) is 16.7 Å². The molecule has 1 aromatic heterocycles. The van der Waals surface area contributed by atoms with Gasteiger partial charge >= 0.3 is 0 Å². The van der Waals surface area contributed by atoms with Gasteiger partial charge < -0.3 is 10.2 Å². The van der Waals surface area contributed by atoms with E-state index in [9.17, 15) is 15.0 Å². The smallest absolute Gasteiger partial charge is 0.265 e. The number of fused-ring (bicyclic) bond motifs is 1. The van der Waals surface area contributed by atoms with Gasteiger partial charge in [0.15, 0.2) is 0 Å². The number of rotatable bonds is 5. The van der Waals surface area contributed by atoms with Gasteiger partial charge in [0.2, 0.25) is 0 Å². The molecule has 0 fully saturated rings. The van der Waals surface area contributed by atoms with Gasteiger partial charge in [-0.15, -0.1) is 0 Å². The largest absolute Gasteiger partial charge is 0.507 e. The minimum absolute atomic E-state index is 0.0663. The number of aliphatic hydroxyl groups excluding tert-OH is 1. The summed E-state index contributed by atoms with van der Waals surface area (Å²) in [5, 5.41) is 30.5. The fourth-order valence-electron chi connectivity index (χ4n) is 3.49. The highest BCUT2D eigenvalue weighted by atomic mass is 16.3. The van der Waals surface area contributed by atoms with Crippen molar-refractivity contribution in [2.75, 3.05) is 0 Å². The predicted octanol–water partition coefficient (Wildman–Crippen LogP) is 4.17. The van der Waals surface area contributed by atoms with Crippen molar-refractivity contribution in [3.8, 4) is 17.5 Å². The summed E-state index contributed by atoms with van der Waals surface area (Å²) in [7, 11) is 0. The summed E-state index contributed by atoms with van der Waals surface area (Å²) < 4.78 is 1.53. The molecule has 6 heteroatoms. The van der Waals surface area contributed by atoms with Gasteiger partial charge in [-0.3, -0.25) is 9.36 Å². The quantitative estimate of drug-likeness (QED) is 0.680. The lowest BCUT2D eigenvalue weighted by Crippen LogP contribution is -2.25. The second-order valence-corrected chi connectivity index (χ2v) is 7.96. The topological polar surface area (TPSA) is 99.1 Å². The minimum Gasteiger partial charge on any atom is -0.507 e. The average molecular weight is 391 g/mol. The third-order valence-electron chi connectivity index (χ3n) is 4.88. The fourth-order valence-corrected chi connectivity index (χ4v) is 3.49. The normalized spacial score (nSPS) is 12.5. The van der Waals surface area contributed by atoms with Gasteiger partial charge in [0.1, 0.15) is 11.6 Å². The highest BCUT2D eigenvalue weighted by Crippen LogP contribution is 2.34. The van der Waals surface area contributed by atoms with Gasteiger partial charge in [-0.25, -0.2) is 4.98 Å². The van der Waals surface area contributed by atoms with Crippen molar-refractivity contribution in [1.29, 1.82) is 5.26 Å². The van der Waals surface area contributed by atoms with E-state index in [0.717, 1.165) is 0 Å². The van der Waals surface area contributed by atoms with Gasteiger partial charge in [0.05, 0.1) is 34.3 Å². The molecule has 150 valence electrons. The van der Waals surface area contributed by atoms with Crippen LogP contribution in [0.5, 0.6) is 5.75 Å². The first-order valence-electron chi connectivity index (χ1n) is 9.71. The number of hydrogen-bond donors (Lipinski definition) is 2. The first-order chi connectivity index (χ1) is 13.7. The van der Waals surface area contributed by atoms with Crippen LogP contribution >= 0.6 is 0 Å². The Hall–Kier alpha value is -3.17. The summed E-state index contributed by atoms with van der Waals surface area (Å²) in [6.07, 6.45) is -0.472. The van der Waals surface area contributed by atoms with E-state index in [0.29, 0.717) is 40.0 Å². The van der Waals surface area contributed by atoms with Crippen LogP contribution in [0.3, 0.4) is 0 Å². The maximum Gasteiger partial charge on any atom is 0.265 e. The average Bonchev–Trinajstić information content (AvgIpc) is 2.67. The lowest BCUT2D eigenvalue weighted by Gasteiger charge is -2.20. The maximum absolute atomic E-state index is 13.4. The zero-order valence-corrected chi connectivity index (χ0v) is 17.0. The summed E-state index contributed by atoms with van der Waals surface area (Å²) in [4.78, 5) is 18.1. The molecule has 0 saturated carbocycles. The second kappa shape index (κ2) is 8.06. The van der Waals surface area contributed by atoms with E-state index in [2.05, 4.69) is 6.07 Å². The van der Waals surface area contributed by atoms with Gasteiger partial charge in [-0.05, 0) is 48.7 Å². The Bertz CT molecular complexity index is 1140. The Balaban J connectivity index is 2.34. The first kappa shape index (κ1) is 20.6. The number of phenols is 1. The number of nitriles is 1. The van der Waals surface area contributed by atoms with Crippen LogP contribution in [0.4, 0.5) is 0 Å². The summed E-state index contributed by atoms with van der Waals surface area (Å²) >= 11 is 0. The molecule has 1 heterocycles. The van der Waals surface area contributed by atoms with Crippen molar-refractivity contribution in [3.05, 3.63) is 63.7 Å². The standard InChI is InChI=1S/C23H25N3O3/c1-13(2)11-19(28)20-18(27)10-9-17-21(20)25-22(14(3)4)26(23(17)29)16-7-5-15(12-24)6-8-16/h5-10,13-14,19,27-28H,11H2,1-4H3. The van der Waals surface area contributed by atoms with Gasteiger partial charge in [-0.1, -0.05) is 27.7 Å². The zero-order chi connectivity index (χ0) is 21.3. The van der Waals surface area contributed by atoms with Crippen LogP contribution in [0.2, 0.25) is 0 Å². The van der Waals surface area contributed by atoms with E-state index in [-0.39, 0.29) is 23.1 Å². The molecule has 2 N–H and O–H groups in total. The van der Waals surface area contributed by atoms with E-state index in [1.54, 1.807) is 24.3 Å². The Labute approximate surface area is 169 Å². The fraction of sp³-hybridized carbons (Fsp3) is 0.348. The number of hydrogen-bond acceptors (Lipinski definition) is 5. The molecule has 3 aromatic rings. The molecule has 29 heavy (non-hydrogen) atoms. The maximum atomic E-state index is 13.4. The van der Waals surface area contributed by atoms with Crippen molar-refractivity contribution in [2.24, 2.45) is 5.92 Å². The van der Waals surface area contributed by atoms with Crippen molar-refractivity contribution in [3.63, 3.8) is 0 Å². The molecule has 1 atom stereocenters. The lowest BCUT2D eigenvalue weighted by atomic mass is 9.96. The van der Waals surface area contributed by atoms with Gasteiger partial charge in [0.25, 0.3) is 5.56 Å². The molecule has 0 spiro atoms. The molecule has 0 aliphatic heterocycles. The number of benzene rings is 2. The summed E-state index contributed by atoms with van der Waals surface area (Å²) in [5.41, 5.74) is 1.47. The number of nitrogens with zero attached hydrogens (tertiary/aromatic N) is 3. The molecule has 0 bridgehead atoms. The second-order valence-electron chi connectivity index (χ2n) is 7.96. The molecule has 0 aliphatic rings. The SMILES string of the molecule is CC(C)CC(O)c1c(O)ccc2c(=O)n(-c3ccc(C#N)cc3)c(C(C)C)nc12. The number of aromatic hydroxyl groups is 1. The molecule has 3 rings (SSSR count). The van der Waals surface area contributed by atoms with E-state index in [4.69, 9.17) is 10.2 Å². The van der Waals surface area contributed by atoms with Crippen LogP contribution < -0.4 is 5.56 Å². The lowest BCUT2D eigenvalue weighted by molar-refractivity contribution is 0.149. The third kappa shape index (κ3) is 3.87. The molecule has 6 nitrogen and oxygen atoms in total. The Morgan fingerprint density at radius 2 is 1.76 bits per heavy atom. The molecule has 0 aliphatic carbocycles. The summed E-state index contributed by atoms with van der Waals surface area (Å²) in [6.45, 7) is 7.83. The Morgan fingerprint density at radius 1 is 1.10 bits per heavy atom. The van der Waals surface area contributed by atoms with Crippen molar-refractivity contribution >= 4 is 10.9 Å². The number of phenolic OH excluding ortho intramolecular Hbond substituents is 1. The zero-order valence-electron chi connectivity index (χ0n) is 17.0. The highest BCUT2D eigenvalue weighted by Gasteiger charge is 2.23. The Kier molecular flexibility index (Phi) is 5.71. The monoisotopic (exact) mass is 391 g/mol. The molecule has 0 amide bonds. The van der Waals surface area contributed by atoms with Crippen molar-refractivity contribution < 1.29 is 10.2 Å². The van der Waals surface area contributed by atoms with Crippen LogP contribution in [0.25, 0.3) is 16.6 Å². The molecular weight excluding hydrogens is 366 g/mol. The van der Waals surface area contributed by atoms with Gasteiger partial charge in [-0.2, -0.15) is 5.26 Å². The molecule has 0 saturated heterocycles. The van der Waals surface area contributed by atoms with Crippen molar-refractivity contribution in [1.82, 2.24) is 9.55 Å². The first-order valence-corrected chi connectivity index (χ1v) is 9.71. The molecule has 2 aromatic carbocycles. The van der Waals surface area contributed by atoms with Crippen LogP contribution in [-0.4, -0.2) is 19.8 Å². The van der Waals surface area contributed by atoms with Crippen molar-refractivity contribution in [2.45, 2.75) is 46.1 Å². The third-order valence-corrected chi connectivity index (χ3v) is 4.88. The van der Waals surface area contributed by atoms with Gasteiger partial charge in [0, 0.05) is 11.5 Å². The summed E-state index contributed by atoms with van der Waals surface area (Å²) in [6, 6.07) is 11.8. The number of aromatic nitrogens is 2. The minimum atomic E-state index is -0.920. The molecule has 0 radical (unpaired) electrons. The van der Waals surface area contributed by atoms with E-state index >= 15 is 0 Å². The van der Waals surface area contributed by atoms with Crippen LogP contribution in [-0.2, 0) is 0 Å². The van der Waals surface area contributed by atoms with E-state index in [1.807, 2.05) is 27.7 Å². The van der Waals surface area contributed by atoms with Crippen LogP contribution in [0.1, 0.15) is 63.1 Å². The summed E-state index contributed by atoms with van der Waals surface area (Å²) in [5.74, 6) is 0.586. The van der Waals surface area contributed by atoms with Crippen LogP contribution in [0.15, 0.2) is 41.2 Å². The van der Waals surface area contributed by atoms with E-state index < -0.39 is 6.10 Å². The number of aliphatic hydroxyl groups is 1. The highest BCUT2D eigenvalue weighted by molar-refractivity contribution is 5.84. The molecular formula is C23H25N3O3. The predicted molar refractivity (Wildman–Crippen MR) is 112 cm³/mol. The van der Waals surface area contributed by atoms with Crippen LogP contribution in [0, 0.1) is 17.2 Å².